The van der Waals surface area contributed by atoms with Gasteiger partial charge in [0.05, 0.1) is 5.69 Å². The molecule has 0 aromatic heterocycles. The monoisotopic (exact) mass is 313 g/mol. The van der Waals surface area contributed by atoms with Gasteiger partial charge in [-0.05, 0) is 38.7 Å². The third kappa shape index (κ3) is 2.37. The first-order valence-corrected chi connectivity index (χ1v) is 7.47. The summed E-state index contributed by atoms with van der Waals surface area (Å²) in [6.45, 7) is 7.63. The molecule has 3 nitrogen and oxygen atoms in total. The van der Waals surface area contributed by atoms with Crippen molar-refractivity contribution in [2.75, 3.05) is 5.23 Å². The van der Waals surface area contributed by atoms with E-state index < -0.39 is 0 Å². The zero-order chi connectivity index (χ0) is 17.1. The molecule has 116 valence electrons. The summed E-state index contributed by atoms with van der Waals surface area (Å²) in [6.07, 6.45) is 7.32. The average molecular weight is 313 g/mol. The fraction of sp³-hybridized carbons (Fsp3) is 0. The van der Waals surface area contributed by atoms with Crippen LogP contribution in [0.2, 0.25) is 0 Å². The Hall–Kier alpha value is -2.98. The number of nitrogens with one attached hydrogen (secondary N) is 1. The van der Waals surface area contributed by atoms with E-state index in [0.29, 0.717) is 5.69 Å². The molecule has 3 rings (SSSR count). The molecule has 0 fully saturated rings. The van der Waals surface area contributed by atoms with Gasteiger partial charge in [0.2, 0.25) is 7.98 Å². The molecule has 0 bridgehead atoms. The van der Waals surface area contributed by atoms with Crippen LogP contribution in [0.1, 0.15) is 0 Å². The Balaban J connectivity index is 2.78. The van der Waals surface area contributed by atoms with Crippen LogP contribution in [0.15, 0.2) is 61.7 Å². The molecule has 0 spiro atoms. The topological polar surface area (TPSA) is 41.5 Å². The van der Waals surface area contributed by atoms with Crippen molar-refractivity contribution in [2.24, 2.45) is 0 Å². The molecule has 0 aliphatic rings. The van der Waals surface area contributed by atoms with Gasteiger partial charge in [0.15, 0.2) is 5.75 Å². The first-order chi connectivity index (χ1) is 11.8. The summed E-state index contributed by atoms with van der Waals surface area (Å²) in [5.41, 5.74) is 0.507. The number of benzene rings is 3. The SMILES string of the molecule is [B]Nc1c(OO)ccc2c1c(=C/C=C)/c(=C\C=C)c1ccccc12. The maximum atomic E-state index is 9.17. The van der Waals surface area contributed by atoms with Crippen molar-refractivity contribution in [2.45, 2.75) is 0 Å². The maximum Gasteiger partial charge on any atom is 0.222 e. The van der Waals surface area contributed by atoms with Crippen molar-refractivity contribution < 1.29 is 10.1 Å². The highest BCUT2D eigenvalue weighted by Crippen LogP contribution is 2.33. The molecule has 0 amide bonds. The van der Waals surface area contributed by atoms with Gasteiger partial charge in [-0.1, -0.05) is 61.7 Å². The van der Waals surface area contributed by atoms with E-state index in [1.54, 1.807) is 18.2 Å². The van der Waals surface area contributed by atoms with E-state index in [-0.39, 0.29) is 5.75 Å². The lowest BCUT2D eigenvalue weighted by Crippen LogP contribution is -2.27. The number of rotatable bonds is 4. The third-order valence-electron chi connectivity index (χ3n) is 4.05. The van der Waals surface area contributed by atoms with Gasteiger partial charge in [0.25, 0.3) is 0 Å². The molecule has 3 aromatic carbocycles. The summed E-state index contributed by atoms with van der Waals surface area (Å²) < 4.78 is 0. The van der Waals surface area contributed by atoms with Crippen LogP contribution in [-0.2, 0) is 0 Å². The molecule has 0 atom stereocenters. The second-order valence-electron chi connectivity index (χ2n) is 5.27. The van der Waals surface area contributed by atoms with Gasteiger partial charge in [-0.25, -0.2) is 5.26 Å². The van der Waals surface area contributed by atoms with Gasteiger partial charge in [0, 0.05) is 5.39 Å². The molecule has 2 radical (unpaired) electrons. The summed E-state index contributed by atoms with van der Waals surface area (Å²) in [5, 5.41) is 17.7. The second-order valence-corrected chi connectivity index (χ2v) is 5.27. The van der Waals surface area contributed by atoms with Gasteiger partial charge in [0.1, 0.15) is 0 Å². The standard InChI is InChI=1S/C20H16BNO2/c1-3-7-13-14-9-5-6-10-15(14)17-11-12-18(24-23)20(22-21)19(17)16(13)8-4-2/h3-12,22-23H,1-2H2/b13-7-,16-8+. The Morgan fingerprint density at radius 2 is 1.58 bits per heavy atom. The zero-order valence-corrected chi connectivity index (χ0v) is 13.1. The number of hydrogen-bond acceptors (Lipinski definition) is 3. The Bertz CT molecular complexity index is 1070. The second kappa shape index (κ2) is 6.65. The molecule has 0 aliphatic carbocycles. The fourth-order valence-corrected chi connectivity index (χ4v) is 3.13. The predicted octanol–water partition coefficient (Wildman–Crippen LogP) is 3.27. The molecule has 0 aliphatic heterocycles. The molecular weight excluding hydrogens is 297 g/mol. The van der Waals surface area contributed by atoms with Crippen molar-refractivity contribution in [3.8, 4) is 5.75 Å². The van der Waals surface area contributed by atoms with Crippen molar-refractivity contribution in [3.05, 3.63) is 72.1 Å². The van der Waals surface area contributed by atoms with Crippen molar-refractivity contribution >= 4 is 47.4 Å². The Morgan fingerprint density at radius 1 is 0.917 bits per heavy atom. The van der Waals surface area contributed by atoms with Crippen molar-refractivity contribution in [1.82, 2.24) is 0 Å². The number of fused-ring (bicyclic) bond motifs is 3. The Labute approximate surface area is 141 Å². The fourth-order valence-electron chi connectivity index (χ4n) is 3.13. The van der Waals surface area contributed by atoms with Crippen molar-refractivity contribution in [3.63, 3.8) is 0 Å². The maximum absolute atomic E-state index is 9.17. The van der Waals surface area contributed by atoms with Gasteiger partial charge in [-0.3, -0.25) is 0 Å². The Morgan fingerprint density at radius 3 is 2.21 bits per heavy atom. The highest BCUT2D eigenvalue weighted by molar-refractivity contribution is 6.22. The first-order valence-electron chi connectivity index (χ1n) is 7.47. The van der Waals surface area contributed by atoms with E-state index in [0.717, 1.165) is 32.0 Å². The smallest absolute Gasteiger partial charge is 0.222 e. The minimum atomic E-state index is 0.253. The minimum absolute atomic E-state index is 0.253. The highest BCUT2D eigenvalue weighted by Gasteiger charge is 2.13. The molecule has 24 heavy (non-hydrogen) atoms. The average Bonchev–Trinajstić information content (AvgIpc) is 2.63. The van der Waals surface area contributed by atoms with Crippen LogP contribution >= 0.6 is 0 Å². The van der Waals surface area contributed by atoms with E-state index in [2.05, 4.69) is 35.4 Å². The van der Waals surface area contributed by atoms with Crippen LogP contribution < -0.4 is 20.6 Å². The van der Waals surface area contributed by atoms with Crippen LogP contribution in [-0.4, -0.2) is 13.2 Å². The van der Waals surface area contributed by atoms with Crippen LogP contribution in [0.3, 0.4) is 0 Å². The molecule has 0 saturated heterocycles. The zero-order valence-electron chi connectivity index (χ0n) is 13.1. The molecule has 2 N–H and O–H groups in total. The number of anilines is 1. The van der Waals surface area contributed by atoms with E-state index in [4.69, 9.17) is 13.2 Å². The van der Waals surface area contributed by atoms with E-state index >= 15 is 0 Å². The summed E-state index contributed by atoms with van der Waals surface area (Å²) in [4.78, 5) is 4.48. The lowest BCUT2D eigenvalue weighted by atomic mass is 9.95. The minimum Gasteiger partial charge on any atom is -0.434 e. The van der Waals surface area contributed by atoms with E-state index in [1.165, 1.54) is 0 Å². The van der Waals surface area contributed by atoms with Crippen LogP contribution in [0.5, 0.6) is 5.75 Å². The van der Waals surface area contributed by atoms with Crippen LogP contribution in [0.25, 0.3) is 33.7 Å². The molecular formula is C20H16BNO2. The van der Waals surface area contributed by atoms with Crippen molar-refractivity contribution in [1.29, 1.82) is 0 Å². The molecule has 0 saturated carbocycles. The quantitative estimate of drug-likeness (QED) is 0.336. The molecule has 0 unspecified atom stereocenters. The highest BCUT2D eigenvalue weighted by atomic mass is 17.1. The lowest BCUT2D eigenvalue weighted by Gasteiger charge is -2.14. The van der Waals surface area contributed by atoms with Gasteiger partial charge in [-0.15, -0.1) is 0 Å². The first kappa shape index (κ1) is 15.9. The Kier molecular flexibility index (Phi) is 4.40. The third-order valence-corrected chi connectivity index (χ3v) is 4.05. The van der Waals surface area contributed by atoms with E-state index in [9.17, 15) is 0 Å². The summed E-state index contributed by atoms with van der Waals surface area (Å²) in [5.74, 6) is 0.253. The van der Waals surface area contributed by atoms with Crippen LogP contribution in [0, 0.1) is 0 Å². The summed E-state index contributed by atoms with van der Waals surface area (Å²) in [7, 11) is 5.71. The van der Waals surface area contributed by atoms with Crippen LogP contribution in [0.4, 0.5) is 5.69 Å². The number of hydrogen-bond donors (Lipinski definition) is 2. The molecule has 3 aromatic rings. The molecule has 4 heteroatoms. The summed E-state index contributed by atoms with van der Waals surface area (Å²) >= 11 is 0. The molecule has 0 heterocycles. The largest absolute Gasteiger partial charge is 0.434 e. The lowest BCUT2D eigenvalue weighted by molar-refractivity contribution is -0.136. The van der Waals surface area contributed by atoms with E-state index in [1.807, 2.05) is 30.4 Å². The van der Waals surface area contributed by atoms with Gasteiger partial charge >= 0.3 is 0 Å². The normalized spacial score (nSPS) is 12.5. The predicted molar refractivity (Wildman–Crippen MR) is 103 cm³/mol. The number of allylic oxidation sites excluding steroid dienone is 2. The van der Waals surface area contributed by atoms with Gasteiger partial charge < -0.3 is 10.1 Å². The van der Waals surface area contributed by atoms with Gasteiger partial charge in [-0.2, -0.15) is 0 Å². The summed E-state index contributed by atoms with van der Waals surface area (Å²) in [6, 6.07) is 11.7.